The molecule has 0 spiro atoms. The number of halogens is 4. The first-order valence-corrected chi connectivity index (χ1v) is 10.3. The van der Waals surface area contributed by atoms with Crippen molar-refractivity contribution in [1.82, 2.24) is 0 Å². The number of carbonyl (C=O) groups excluding carboxylic acids is 2. The molecule has 2 aromatic rings. The van der Waals surface area contributed by atoms with Gasteiger partial charge in [-0.2, -0.15) is 13.2 Å². The van der Waals surface area contributed by atoms with E-state index in [1.807, 2.05) is 0 Å². The minimum Gasteiger partial charge on any atom is -0.366 e. The predicted octanol–water partition coefficient (Wildman–Crippen LogP) is 5.08. The Balaban J connectivity index is 1.65. The van der Waals surface area contributed by atoms with Crippen LogP contribution in [0.1, 0.15) is 25.3 Å². The minimum atomic E-state index is -4.68. The molecule has 33 heavy (non-hydrogen) atoms. The highest BCUT2D eigenvalue weighted by Crippen LogP contribution is 2.38. The van der Waals surface area contributed by atoms with Crippen LogP contribution in [0.15, 0.2) is 36.4 Å². The quantitative estimate of drug-likeness (QED) is 0.455. The van der Waals surface area contributed by atoms with Crippen LogP contribution >= 0.6 is 11.6 Å². The second-order valence-corrected chi connectivity index (χ2v) is 7.99. The zero-order chi connectivity index (χ0) is 24.3. The highest BCUT2D eigenvalue weighted by molar-refractivity contribution is 6.34. The Bertz CT molecular complexity index is 1090. The Hall–Kier alpha value is -3.34. The molecule has 1 fully saturated rings. The van der Waals surface area contributed by atoms with Crippen molar-refractivity contribution in [3.63, 3.8) is 0 Å². The van der Waals surface area contributed by atoms with Crippen molar-refractivity contribution >= 4 is 46.2 Å². The van der Waals surface area contributed by atoms with Gasteiger partial charge in [0.25, 0.3) is 5.69 Å². The van der Waals surface area contributed by atoms with Crippen LogP contribution in [0.4, 0.5) is 35.9 Å². The molecule has 0 unspecified atom stereocenters. The summed E-state index contributed by atoms with van der Waals surface area (Å²) in [5.41, 5.74) is -0.766. The van der Waals surface area contributed by atoms with Crippen LogP contribution in [0.2, 0.25) is 5.02 Å². The maximum absolute atomic E-state index is 12.9. The lowest BCUT2D eigenvalue weighted by Crippen LogP contribution is -2.38. The van der Waals surface area contributed by atoms with Gasteiger partial charge in [-0.25, -0.2) is 0 Å². The molecule has 1 heterocycles. The van der Waals surface area contributed by atoms with Gasteiger partial charge in [0.15, 0.2) is 0 Å². The fourth-order valence-corrected chi connectivity index (χ4v) is 3.85. The number of amides is 2. The topological polar surface area (TPSA) is 105 Å². The van der Waals surface area contributed by atoms with Crippen molar-refractivity contribution in [2.24, 2.45) is 5.92 Å². The Labute approximate surface area is 191 Å². The Kier molecular flexibility index (Phi) is 7.11. The summed E-state index contributed by atoms with van der Waals surface area (Å²) < 4.78 is 38.8. The van der Waals surface area contributed by atoms with Gasteiger partial charge >= 0.3 is 6.18 Å². The monoisotopic (exact) mass is 484 g/mol. The molecule has 8 nitrogen and oxygen atoms in total. The summed E-state index contributed by atoms with van der Waals surface area (Å²) in [6, 6.07) is 7.10. The molecular formula is C21H20ClF3N4O4. The third-order valence-corrected chi connectivity index (χ3v) is 5.57. The number of nitro groups is 1. The van der Waals surface area contributed by atoms with Crippen molar-refractivity contribution in [1.29, 1.82) is 0 Å². The molecule has 0 aromatic heterocycles. The number of nitro benzene ring substituents is 1. The molecule has 0 atom stereocenters. The highest BCUT2D eigenvalue weighted by Gasteiger charge is 2.35. The zero-order valence-corrected chi connectivity index (χ0v) is 18.2. The van der Waals surface area contributed by atoms with E-state index in [0.29, 0.717) is 30.3 Å². The highest BCUT2D eigenvalue weighted by atomic mass is 35.5. The molecule has 2 amide bonds. The summed E-state index contributed by atoms with van der Waals surface area (Å²) in [7, 11) is 0. The number of anilines is 3. The molecule has 0 saturated carbocycles. The van der Waals surface area contributed by atoms with Gasteiger partial charge in [0, 0.05) is 37.7 Å². The van der Waals surface area contributed by atoms with Crippen molar-refractivity contribution in [2.75, 3.05) is 28.6 Å². The molecule has 1 aliphatic rings. The van der Waals surface area contributed by atoms with E-state index in [1.54, 1.807) is 17.0 Å². The van der Waals surface area contributed by atoms with Gasteiger partial charge in [0.1, 0.15) is 5.69 Å². The second-order valence-electron chi connectivity index (χ2n) is 7.58. The molecule has 2 aromatic carbocycles. The maximum Gasteiger partial charge on any atom is 0.416 e. The fourth-order valence-electron chi connectivity index (χ4n) is 3.62. The van der Waals surface area contributed by atoms with Gasteiger partial charge in [-0.1, -0.05) is 11.6 Å². The standard InChI is InChI=1S/C21H20ClF3N4O4/c1-12(30)26-17-4-3-15(11-16(17)22)27-20(31)13-6-8-28(9-7-13)18-5-2-14(21(23,24)25)10-19(18)29(32)33/h2-5,10-11,13H,6-9H2,1H3,(H,26,30)(H,27,31). The van der Waals surface area contributed by atoms with Crippen molar-refractivity contribution in [2.45, 2.75) is 25.9 Å². The second kappa shape index (κ2) is 9.65. The molecule has 1 aliphatic heterocycles. The van der Waals surface area contributed by atoms with E-state index in [1.165, 1.54) is 13.0 Å². The maximum atomic E-state index is 12.9. The number of alkyl halides is 3. The Morgan fingerprint density at radius 3 is 2.33 bits per heavy atom. The van der Waals surface area contributed by atoms with E-state index in [9.17, 15) is 32.9 Å². The molecule has 2 N–H and O–H groups in total. The predicted molar refractivity (Wildman–Crippen MR) is 117 cm³/mol. The number of nitrogens with zero attached hydrogens (tertiary/aromatic N) is 2. The SMILES string of the molecule is CC(=O)Nc1ccc(NC(=O)C2CCN(c3ccc(C(F)(F)F)cc3[N+](=O)[O-])CC2)cc1Cl. The molecule has 0 bridgehead atoms. The van der Waals surface area contributed by atoms with E-state index >= 15 is 0 Å². The number of nitrogens with one attached hydrogen (secondary N) is 2. The van der Waals surface area contributed by atoms with Gasteiger partial charge in [0.2, 0.25) is 11.8 Å². The first kappa shape index (κ1) is 24.3. The number of carbonyl (C=O) groups is 2. The van der Waals surface area contributed by atoms with E-state index in [2.05, 4.69) is 10.6 Å². The van der Waals surface area contributed by atoms with Crippen LogP contribution in [-0.4, -0.2) is 29.8 Å². The number of rotatable bonds is 5. The lowest BCUT2D eigenvalue weighted by Gasteiger charge is -2.32. The molecule has 0 aliphatic carbocycles. The van der Waals surface area contributed by atoms with Crippen LogP contribution in [0, 0.1) is 16.0 Å². The summed E-state index contributed by atoms with van der Waals surface area (Å²) in [6.45, 7) is 1.89. The normalized spacial score (nSPS) is 14.6. The van der Waals surface area contributed by atoms with Gasteiger partial charge in [-0.05, 0) is 43.2 Å². The number of hydrogen-bond acceptors (Lipinski definition) is 5. The summed E-state index contributed by atoms with van der Waals surface area (Å²) in [4.78, 5) is 35.9. The van der Waals surface area contributed by atoms with Crippen LogP contribution in [0.25, 0.3) is 0 Å². The number of hydrogen-bond donors (Lipinski definition) is 2. The summed E-state index contributed by atoms with van der Waals surface area (Å²) >= 11 is 6.11. The summed E-state index contributed by atoms with van der Waals surface area (Å²) in [5, 5.41) is 16.9. The van der Waals surface area contributed by atoms with Gasteiger partial charge in [-0.3, -0.25) is 19.7 Å². The molecule has 3 rings (SSSR count). The Morgan fingerprint density at radius 1 is 1.12 bits per heavy atom. The third-order valence-electron chi connectivity index (χ3n) is 5.25. The zero-order valence-electron chi connectivity index (χ0n) is 17.4. The first-order chi connectivity index (χ1) is 15.5. The number of piperidine rings is 1. The first-order valence-electron chi connectivity index (χ1n) is 9.94. The lowest BCUT2D eigenvalue weighted by atomic mass is 9.95. The van der Waals surface area contributed by atoms with E-state index in [4.69, 9.17) is 11.6 Å². The third kappa shape index (κ3) is 5.92. The number of benzene rings is 2. The average Bonchev–Trinajstić information content (AvgIpc) is 2.74. The van der Waals surface area contributed by atoms with Crippen LogP contribution in [0.5, 0.6) is 0 Å². The van der Waals surface area contributed by atoms with Crippen molar-refractivity contribution in [3.8, 4) is 0 Å². The van der Waals surface area contributed by atoms with Gasteiger partial charge in [-0.15, -0.1) is 0 Å². The molecule has 1 saturated heterocycles. The average molecular weight is 485 g/mol. The van der Waals surface area contributed by atoms with Crippen LogP contribution < -0.4 is 15.5 Å². The summed E-state index contributed by atoms with van der Waals surface area (Å²) in [6.07, 6.45) is -3.96. The largest absolute Gasteiger partial charge is 0.416 e. The van der Waals surface area contributed by atoms with E-state index in [-0.39, 0.29) is 41.5 Å². The smallest absolute Gasteiger partial charge is 0.366 e. The van der Waals surface area contributed by atoms with Crippen molar-refractivity contribution < 1.29 is 27.7 Å². The van der Waals surface area contributed by atoms with E-state index in [0.717, 1.165) is 12.1 Å². The van der Waals surface area contributed by atoms with Gasteiger partial charge < -0.3 is 15.5 Å². The Morgan fingerprint density at radius 2 is 1.79 bits per heavy atom. The van der Waals surface area contributed by atoms with Crippen LogP contribution in [-0.2, 0) is 15.8 Å². The van der Waals surface area contributed by atoms with Gasteiger partial charge in [0.05, 0.1) is 21.2 Å². The molecule has 12 heteroatoms. The van der Waals surface area contributed by atoms with Crippen molar-refractivity contribution in [3.05, 3.63) is 57.1 Å². The van der Waals surface area contributed by atoms with Crippen LogP contribution in [0.3, 0.4) is 0 Å². The molecular weight excluding hydrogens is 465 g/mol. The minimum absolute atomic E-state index is 0.0900. The molecule has 176 valence electrons. The fraction of sp³-hybridized carbons (Fsp3) is 0.333. The summed E-state index contributed by atoms with van der Waals surface area (Å²) in [5.74, 6) is -0.933. The van der Waals surface area contributed by atoms with E-state index < -0.39 is 22.4 Å². The molecule has 0 radical (unpaired) electrons. The lowest BCUT2D eigenvalue weighted by molar-refractivity contribution is -0.384.